The van der Waals surface area contributed by atoms with Crippen molar-refractivity contribution in [3.63, 3.8) is 0 Å². The van der Waals surface area contributed by atoms with E-state index < -0.39 is 32.5 Å². The Labute approximate surface area is 588 Å². The van der Waals surface area contributed by atoms with E-state index in [9.17, 15) is 19.0 Å². The van der Waals surface area contributed by atoms with Crippen molar-refractivity contribution in [1.82, 2.24) is 0 Å². The molecule has 9 nitrogen and oxygen atoms in total. The van der Waals surface area contributed by atoms with E-state index in [1.807, 2.05) is 21.1 Å². The lowest BCUT2D eigenvalue weighted by Crippen LogP contribution is -2.37. The number of phosphoric acid groups is 1. The standard InChI is InChI=1S/C86H136NO8P/c1-6-8-10-12-14-16-18-20-22-24-26-28-30-32-34-36-38-39-40-41-42-43-44-45-46-47-49-51-53-55-57-59-61-63-65-67-69-71-73-75-77-79-86(89)95-84(83-94-96(90,91)93-81-80-87(3,4)5)82-92-85(88)78-76-74-72-70-68-66-64-62-60-58-56-54-52-50-48-37-35-33-31-29-27-25-23-21-19-17-15-13-11-9-7-2/h8-11,14-17,20-23,26-29,32-35,38-39,41-42,44-45,47-50,53-56,59,61,84H,6-7,12-13,18-19,24-25,30-31,36-37,40,43,46,51-52,57-58,60,62-83H2,1-5H3/b10-8-,11-9-,16-14-,17-15-,22-20-,23-21-,28-26-,29-27-,34-32-,35-33-,39-38-,42-41-,45-44-,49-47-,50-48-,55-53-,56-54-,61-59-. The average molecular weight is 1340 g/mol. The maximum atomic E-state index is 12.9. The molecule has 0 saturated carbocycles. The third-order valence-electron chi connectivity index (χ3n) is 15.0. The molecule has 0 aromatic carbocycles. The number of hydrogen-bond acceptors (Lipinski definition) is 8. The predicted molar refractivity (Wildman–Crippen MR) is 415 cm³/mol. The summed E-state index contributed by atoms with van der Waals surface area (Å²) in [5, 5.41) is 0. The van der Waals surface area contributed by atoms with Crippen molar-refractivity contribution in [2.75, 3.05) is 47.5 Å². The van der Waals surface area contributed by atoms with E-state index in [0.29, 0.717) is 23.9 Å². The molecule has 2 atom stereocenters. The highest BCUT2D eigenvalue weighted by atomic mass is 31.2. The Morgan fingerprint density at radius 2 is 0.562 bits per heavy atom. The van der Waals surface area contributed by atoms with Crippen LogP contribution in [0.15, 0.2) is 219 Å². The van der Waals surface area contributed by atoms with Crippen molar-refractivity contribution in [2.45, 2.75) is 264 Å². The van der Waals surface area contributed by atoms with E-state index in [4.69, 9.17) is 18.5 Å². The smallest absolute Gasteiger partial charge is 0.306 e. The van der Waals surface area contributed by atoms with Crippen LogP contribution < -0.4 is 4.89 Å². The number of phosphoric ester groups is 1. The molecule has 0 fully saturated rings. The van der Waals surface area contributed by atoms with Crippen LogP contribution in [0.3, 0.4) is 0 Å². The molecule has 96 heavy (non-hydrogen) atoms. The van der Waals surface area contributed by atoms with Crippen LogP contribution in [0.1, 0.15) is 258 Å². The second-order valence-corrected chi connectivity index (χ2v) is 26.6. The third-order valence-corrected chi connectivity index (χ3v) is 16.0. The summed E-state index contributed by atoms with van der Waals surface area (Å²) in [6.07, 6.45) is 117. The third kappa shape index (κ3) is 77.3. The fourth-order valence-corrected chi connectivity index (χ4v) is 10.1. The minimum Gasteiger partial charge on any atom is -0.756 e. The second-order valence-electron chi connectivity index (χ2n) is 25.2. The van der Waals surface area contributed by atoms with Gasteiger partial charge in [0.15, 0.2) is 6.10 Å². The fraction of sp³-hybridized carbons (Fsp3) is 0.558. The second kappa shape index (κ2) is 73.6. The molecule has 0 amide bonds. The highest BCUT2D eigenvalue weighted by Crippen LogP contribution is 2.38. The molecule has 0 bridgehead atoms. The average Bonchev–Trinajstić information content (AvgIpc) is 2.54. The first kappa shape index (κ1) is 90.3. The van der Waals surface area contributed by atoms with Crippen molar-refractivity contribution in [2.24, 2.45) is 0 Å². The van der Waals surface area contributed by atoms with Gasteiger partial charge in [-0.2, -0.15) is 0 Å². The number of esters is 2. The van der Waals surface area contributed by atoms with Crippen molar-refractivity contribution >= 4 is 19.8 Å². The van der Waals surface area contributed by atoms with E-state index in [-0.39, 0.29) is 26.1 Å². The van der Waals surface area contributed by atoms with E-state index in [1.165, 1.54) is 44.9 Å². The first-order valence-electron chi connectivity index (χ1n) is 37.4. The number of rotatable bonds is 66. The summed E-state index contributed by atoms with van der Waals surface area (Å²) in [5.74, 6) is -0.868. The molecular formula is C86H136NO8P. The van der Waals surface area contributed by atoms with Gasteiger partial charge in [-0.25, -0.2) is 0 Å². The number of hydrogen-bond donors (Lipinski definition) is 0. The Morgan fingerprint density at radius 1 is 0.323 bits per heavy atom. The number of likely N-dealkylation sites (N-methyl/N-ethyl adjacent to an activating group) is 1. The molecule has 538 valence electrons. The lowest BCUT2D eigenvalue weighted by molar-refractivity contribution is -0.870. The van der Waals surface area contributed by atoms with Gasteiger partial charge in [0.1, 0.15) is 19.8 Å². The predicted octanol–water partition coefficient (Wildman–Crippen LogP) is 24.5. The number of unbranched alkanes of at least 4 members (excludes halogenated alkanes) is 16. The van der Waals surface area contributed by atoms with Crippen LogP contribution in [0.2, 0.25) is 0 Å². The minimum absolute atomic E-state index is 0.0460. The van der Waals surface area contributed by atoms with Crippen LogP contribution in [0.4, 0.5) is 0 Å². The lowest BCUT2D eigenvalue weighted by atomic mass is 10.1. The van der Waals surface area contributed by atoms with Gasteiger partial charge in [0.2, 0.25) is 0 Å². The van der Waals surface area contributed by atoms with E-state index >= 15 is 0 Å². The highest BCUT2D eigenvalue weighted by molar-refractivity contribution is 7.45. The van der Waals surface area contributed by atoms with Gasteiger partial charge in [-0.15, -0.1) is 0 Å². The minimum atomic E-state index is -4.67. The topological polar surface area (TPSA) is 111 Å². The van der Waals surface area contributed by atoms with Gasteiger partial charge in [-0.3, -0.25) is 14.2 Å². The number of carbonyl (C=O) groups excluding carboxylic acids is 2. The van der Waals surface area contributed by atoms with Gasteiger partial charge in [-0.1, -0.05) is 310 Å². The Bertz CT molecular complexity index is 2430. The summed E-state index contributed by atoms with van der Waals surface area (Å²) >= 11 is 0. The monoisotopic (exact) mass is 1340 g/mol. The van der Waals surface area contributed by atoms with Gasteiger partial charge in [0.25, 0.3) is 7.82 Å². The molecule has 0 aliphatic carbocycles. The van der Waals surface area contributed by atoms with Crippen LogP contribution in [0, 0.1) is 0 Å². The highest BCUT2D eigenvalue weighted by Gasteiger charge is 2.22. The van der Waals surface area contributed by atoms with Crippen molar-refractivity contribution in [3.8, 4) is 0 Å². The lowest BCUT2D eigenvalue weighted by Gasteiger charge is -2.28. The summed E-state index contributed by atoms with van der Waals surface area (Å²) in [4.78, 5) is 38.1. The molecular weight excluding hydrogens is 1210 g/mol. The van der Waals surface area contributed by atoms with Crippen molar-refractivity contribution in [3.05, 3.63) is 219 Å². The van der Waals surface area contributed by atoms with Gasteiger partial charge in [-0.05, 0) is 154 Å². The zero-order valence-corrected chi connectivity index (χ0v) is 62.1. The molecule has 0 N–H and O–H groups in total. The first-order chi connectivity index (χ1) is 47.0. The Hall–Kier alpha value is -5.67. The summed E-state index contributed by atoms with van der Waals surface area (Å²) in [7, 11) is 1.13. The SMILES string of the molecule is CC/C=C\C/C=C\C/C=C\C/C=C\C/C=C\C/C=C\C/C=C\C/C=C\C/C=C\C/C=C\C/C=C\CCCCCCCCCC(=O)OC(COC(=O)CCCCCCCCCCC/C=C\C/C=C\C/C=C\C/C=C\C/C=C\C/C=C\C/C=C\CC)COP(=O)([O-])OCC[N+](C)(C)C. The number of allylic oxidation sites excluding steroid dienone is 36. The van der Waals surface area contributed by atoms with Gasteiger partial charge < -0.3 is 27.9 Å². The van der Waals surface area contributed by atoms with E-state index in [2.05, 4.69) is 233 Å². The largest absolute Gasteiger partial charge is 0.756 e. The normalized spacial score (nSPS) is 14.4. The molecule has 0 aliphatic rings. The molecule has 0 aromatic heterocycles. The fourth-order valence-electron chi connectivity index (χ4n) is 9.35. The summed E-state index contributed by atoms with van der Waals surface area (Å²) in [5.41, 5.74) is 0. The molecule has 10 heteroatoms. The number of quaternary nitrogens is 1. The number of ether oxygens (including phenoxy) is 2. The molecule has 0 rings (SSSR count). The van der Waals surface area contributed by atoms with Gasteiger partial charge >= 0.3 is 11.9 Å². The summed E-state index contributed by atoms with van der Waals surface area (Å²) in [6, 6.07) is 0. The molecule has 0 aromatic rings. The molecule has 2 unspecified atom stereocenters. The Balaban J connectivity index is 4.16. The van der Waals surface area contributed by atoms with Crippen LogP contribution in [-0.2, 0) is 32.7 Å². The zero-order chi connectivity index (χ0) is 69.7. The molecule has 0 spiro atoms. The van der Waals surface area contributed by atoms with Crippen LogP contribution >= 0.6 is 7.82 Å². The summed E-state index contributed by atoms with van der Waals surface area (Å²) < 4.78 is 34.3. The molecule has 0 saturated heterocycles. The van der Waals surface area contributed by atoms with Crippen molar-refractivity contribution < 1.29 is 42.1 Å². The molecule has 0 aliphatic heterocycles. The van der Waals surface area contributed by atoms with E-state index in [0.717, 1.165) is 173 Å². The zero-order valence-electron chi connectivity index (χ0n) is 61.2. The quantitative estimate of drug-likeness (QED) is 0.0195. The van der Waals surface area contributed by atoms with Crippen LogP contribution in [0.25, 0.3) is 0 Å². The van der Waals surface area contributed by atoms with Gasteiger partial charge in [0, 0.05) is 12.8 Å². The maximum absolute atomic E-state index is 12.9. The van der Waals surface area contributed by atoms with Crippen LogP contribution in [-0.4, -0.2) is 70.0 Å². The molecule has 0 radical (unpaired) electrons. The van der Waals surface area contributed by atoms with Crippen LogP contribution in [0.5, 0.6) is 0 Å². The summed E-state index contributed by atoms with van der Waals surface area (Å²) in [6.45, 7) is 3.97. The van der Waals surface area contributed by atoms with Crippen molar-refractivity contribution in [1.29, 1.82) is 0 Å². The number of nitrogens with zero attached hydrogens (tertiary/aromatic N) is 1. The molecule has 0 heterocycles. The number of carbonyl (C=O) groups is 2. The van der Waals surface area contributed by atoms with Gasteiger partial charge in [0.05, 0.1) is 27.7 Å². The Kier molecular flexibility index (Phi) is 69.2. The first-order valence-corrected chi connectivity index (χ1v) is 38.9. The van der Waals surface area contributed by atoms with E-state index in [1.54, 1.807) is 0 Å². The Morgan fingerprint density at radius 3 is 0.833 bits per heavy atom. The maximum Gasteiger partial charge on any atom is 0.306 e.